The third-order valence-electron chi connectivity index (χ3n) is 3.78. The Labute approximate surface area is 116 Å². The van der Waals surface area contributed by atoms with Crippen LogP contribution in [0.5, 0.6) is 5.75 Å². The Morgan fingerprint density at radius 3 is 3.10 bits per heavy atom. The average molecular weight is 272 g/mol. The molecule has 1 unspecified atom stereocenters. The van der Waals surface area contributed by atoms with Crippen molar-refractivity contribution in [3.05, 3.63) is 47.5 Å². The number of carboxylic acids is 1. The van der Waals surface area contributed by atoms with Gasteiger partial charge in [0.2, 0.25) is 0 Å². The molecule has 2 aromatic rings. The van der Waals surface area contributed by atoms with E-state index in [0.29, 0.717) is 5.92 Å². The number of hydrogen-bond acceptors (Lipinski definition) is 3. The molecular weight excluding hydrogens is 256 g/mol. The first-order valence-electron chi connectivity index (χ1n) is 6.60. The highest BCUT2D eigenvalue weighted by Gasteiger charge is 2.23. The number of nitrogens with zero attached hydrogens (tertiary/aromatic N) is 2. The van der Waals surface area contributed by atoms with Crippen LogP contribution in [-0.2, 0) is 13.0 Å². The lowest BCUT2D eigenvalue weighted by molar-refractivity contribution is 0.0691. The lowest BCUT2D eigenvalue weighted by atomic mass is 9.91. The summed E-state index contributed by atoms with van der Waals surface area (Å²) in [7, 11) is 1.66. The number of aromatic nitrogens is 2. The fraction of sp³-hybridized carbons (Fsp3) is 0.333. The molecule has 0 bridgehead atoms. The van der Waals surface area contributed by atoms with Crippen molar-refractivity contribution in [2.24, 2.45) is 0 Å². The molecule has 1 aliphatic heterocycles. The van der Waals surface area contributed by atoms with Crippen molar-refractivity contribution < 1.29 is 14.6 Å². The highest BCUT2D eigenvalue weighted by molar-refractivity contribution is 5.85. The molecule has 0 saturated heterocycles. The van der Waals surface area contributed by atoms with Gasteiger partial charge < -0.3 is 14.4 Å². The fourth-order valence-electron chi connectivity index (χ4n) is 2.71. The molecule has 1 N–H and O–H groups in total. The van der Waals surface area contributed by atoms with E-state index in [1.165, 1.54) is 5.56 Å². The van der Waals surface area contributed by atoms with Crippen molar-refractivity contribution in [3.63, 3.8) is 0 Å². The van der Waals surface area contributed by atoms with Gasteiger partial charge in [0.05, 0.1) is 7.11 Å². The number of rotatable bonds is 3. The minimum absolute atomic E-state index is 0.131. The van der Waals surface area contributed by atoms with Crippen LogP contribution in [0, 0.1) is 0 Å². The lowest BCUT2D eigenvalue weighted by Crippen LogP contribution is -2.18. The van der Waals surface area contributed by atoms with E-state index < -0.39 is 5.97 Å². The summed E-state index contributed by atoms with van der Waals surface area (Å²) in [6, 6.07) is 8.05. The van der Waals surface area contributed by atoms with Gasteiger partial charge in [-0.25, -0.2) is 9.78 Å². The third kappa shape index (κ3) is 2.27. The van der Waals surface area contributed by atoms with E-state index in [1.54, 1.807) is 13.3 Å². The molecule has 1 aliphatic rings. The van der Waals surface area contributed by atoms with Crippen molar-refractivity contribution in [1.82, 2.24) is 9.55 Å². The quantitative estimate of drug-likeness (QED) is 0.931. The van der Waals surface area contributed by atoms with E-state index in [2.05, 4.69) is 11.1 Å². The summed E-state index contributed by atoms with van der Waals surface area (Å²) in [5.74, 6) is 1.12. The molecular formula is C15H16N2O3. The number of carboxylic acid groups (broad SMARTS) is 1. The van der Waals surface area contributed by atoms with Gasteiger partial charge in [0.1, 0.15) is 11.6 Å². The van der Waals surface area contributed by atoms with Crippen LogP contribution < -0.4 is 4.74 Å². The summed E-state index contributed by atoms with van der Waals surface area (Å²) in [6.45, 7) is 0.767. The topological polar surface area (TPSA) is 64.3 Å². The minimum atomic E-state index is -0.968. The van der Waals surface area contributed by atoms with Gasteiger partial charge >= 0.3 is 5.97 Å². The number of ether oxygens (including phenoxy) is 1. The molecule has 20 heavy (non-hydrogen) atoms. The molecule has 2 heterocycles. The standard InChI is InChI=1S/C15H16N2O3/c1-20-12-4-2-3-10(7-12)11-5-6-14-16-13(15(18)19)9-17(14)8-11/h2-4,7,9,11H,5-6,8H2,1H3,(H,18,19). The number of methoxy groups -OCH3 is 1. The number of imidazole rings is 1. The summed E-state index contributed by atoms with van der Waals surface area (Å²) >= 11 is 0. The predicted octanol–water partition coefficient (Wildman–Crippen LogP) is 2.32. The van der Waals surface area contributed by atoms with Crippen molar-refractivity contribution in [1.29, 1.82) is 0 Å². The van der Waals surface area contributed by atoms with Gasteiger partial charge in [-0.05, 0) is 24.1 Å². The summed E-state index contributed by atoms with van der Waals surface area (Å²) in [6.07, 6.45) is 3.41. The Morgan fingerprint density at radius 2 is 2.35 bits per heavy atom. The molecule has 0 radical (unpaired) electrons. The molecule has 5 heteroatoms. The SMILES string of the molecule is COc1cccc(C2CCc3nc(C(=O)O)cn3C2)c1. The van der Waals surface area contributed by atoms with Crippen LogP contribution in [0.2, 0.25) is 0 Å². The van der Waals surface area contributed by atoms with E-state index in [9.17, 15) is 4.79 Å². The van der Waals surface area contributed by atoms with E-state index in [4.69, 9.17) is 9.84 Å². The van der Waals surface area contributed by atoms with Gasteiger partial charge in [0.15, 0.2) is 5.69 Å². The van der Waals surface area contributed by atoms with Gasteiger partial charge in [-0.1, -0.05) is 12.1 Å². The molecule has 0 spiro atoms. The molecule has 3 rings (SSSR count). The number of aromatic carboxylic acids is 1. The molecule has 1 atom stereocenters. The first-order valence-corrected chi connectivity index (χ1v) is 6.60. The van der Waals surface area contributed by atoms with Crippen molar-refractivity contribution in [2.75, 3.05) is 7.11 Å². The minimum Gasteiger partial charge on any atom is -0.497 e. The number of benzene rings is 1. The van der Waals surface area contributed by atoms with Gasteiger partial charge in [-0.2, -0.15) is 0 Å². The highest BCUT2D eigenvalue weighted by Crippen LogP contribution is 2.30. The average Bonchev–Trinajstić information content (AvgIpc) is 2.90. The number of carbonyl (C=O) groups is 1. The van der Waals surface area contributed by atoms with Crippen molar-refractivity contribution in [3.8, 4) is 5.75 Å². The predicted molar refractivity (Wildman–Crippen MR) is 73.2 cm³/mol. The molecule has 0 fully saturated rings. The Bertz CT molecular complexity index is 648. The molecule has 104 valence electrons. The van der Waals surface area contributed by atoms with Crippen LogP contribution in [0.15, 0.2) is 30.5 Å². The first kappa shape index (κ1) is 12.7. The van der Waals surface area contributed by atoms with Gasteiger partial charge in [-0.15, -0.1) is 0 Å². The Balaban J connectivity index is 1.85. The maximum atomic E-state index is 11.0. The van der Waals surface area contributed by atoms with Gasteiger partial charge in [0.25, 0.3) is 0 Å². The lowest BCUT2D eigenvalue weighted by Gasteiger charge is -2.24. The van der Waals surface area contributed by atoms with Crippen LogP contribution in [0.1, 0.15) is 34.2 Å². The second-order valence-corrected chi connectivity index (χ2v) is 5.01. The summed E-state index contributed by atoms with van der Waals surface area (Å²) < 4.78 is 7.21. The molecule has 0 saturated carbocycles. The Kier molecular flexibility index (Phi) is 3.18. The molecule has 1 aromatic carbocycles. The van der Waals surface area contributed by atoms with E-state index >= 15 is 0 Å². The van der Waals surface area contributed by atoms with E-state index in [1.807, 2.05) is 22.8 Å². The fourth-order valence-corrected chi connectivity index (χ4v) is 2.71. The maximum Gasteiger partial charge on any atom is 0.356 e. The zero-order valence-electron chi connectivity index (χ0n) is 11.2. The first-order chi connectivity index (χ1) is 9.67. The van der Waals surface area contributed by atoms with E-state index in [0.717, 1.165) is 31.0 Å². The van der Waals surface area contributed by atoms with Crippen LogP contribution in [-0.4, -0.2) is 27.7 Å². The summed E-state index contributed by atoms with van der Waals surface area (Å²) in [5, 5.41) is 8.99. The molecule has 1 aromatic heterocycles. The smallest absolute Gasteiger partial charge is 0.356 e. The van der Waals surface area contributed by atoms with Crippen LogP contribution >= 0.6 is 0 Å². The summed E-state index contributed by atoms with van der Waals surface area (Å²) in [5.41, 5.74) is 1.35. The van der Waals surface area contributed by atoms with Crippen LogP contribution in [0.3, 0.4) is 0 Å². The van der Waals surface area contributed by atoms with Gasteiger partial charge in [0, 0.05) is 25.1 Å². The third-order valence-corrected chi connectivity index (χ3v) is 3.78. The molecule has 0 aliphatic carbocycles. The maximum absolute atomic E-state index is 11.0. The second-order valence-electron chi connectivity index (χ2n) is 5.01. The van der Waals surface area contributed by atoms with Gasteiger partial charge in [-0.3, -0.25) is 0 Å². The zero-order chi connectivity index (χ0) is 14.1. The number of hydrogen-bond donors (Lipinski definition) is 1. The highest BCUT2D eigenvalue weighted by atomic mass is 16.5. The van der Waals surface area contributed by atoms with Crippen molar-refractivity contribution in [2.45, 2.75) is 25.3 Å². The zero-order valence-corrected chi connectivity index (χ0v) is 11.2. The number of aryl methyl sites for hydroxylation is 1. The Morgan fingerprint density at radius 1 is 1.50 bits per heavy atom. The second kappa shape index (κ2) is 5.00. The molecule has 5 nitrogen and oxygen atoms in total. The largest absolute Gasteiger partial charge is 0.497 e. The van der Waals surface area contributed by atoms with E-state index in [-0.39, 0.29) is 5.69 Å². The Hall–Kier alpha value is -2.30. The molecule has 0 amide bonds. The van der Waals surface area contributed by atoms with Crippen molar-refractivity contribution >= 4 is 5.97 Å². The monoisotopic (exact) mass is 272 g/mol. The number of fused-ring (bicyclic) bond motifs is 1. The van der Waals surface area contributed by atoms with Crippen LogP contribution in [0.4, 0.5) is 0 Å². The summed E-state index contributed by atoms with van der Waals surface area (Å²) in [4.78, 5) is 15.1. The normalized spacial score (nSPS) is 17.6. The van der Waals surface area contributed by atoms with Crippen LogP contribution in [0.25, 0.3) is 0 Å².